The molecule has 20 heavy (non-hydrogen) atoms. The van der Waals surface area contributed by atoms with Gasteiger partial charge in [-0.05, 0) is 17.0 Å². The number of rotatable bonds is 2. The first-order chi connectivity index (χ1) is 9.19. The average molecular weight is 296 g/mol. The Balaban J connectivity index is 2.20. The molecule has 0 saturated carbocycles. The van der Waals surface area contributed by atoms with Crippen LogP contribution in [-0.2, 0) is 15.4 Å². The summed E-state index contributed by atoms with van der Waals surface area (Å²) in [6, 6.07) is 8.42. The van der Waals surface area contributed by atoms with Crippen molar-refractivity contribution in [1.82, 2.24) is 4.31 Å². The van der Waals surface area contributed by atoms with Crippen LogP contribution in [-0.4, -0.2) is 45.2 Å². The molecule has 0 bridgehead atoms. The van der Waals surface area contributed by atoms with Crippen LogP contribution in [0.2, 0.25) is 0 Å². The second-order valence-electron chi connectivity index (χ2n) is 6.42. The molecule has 1 aromatic rings. The molecule has 1 fully saturated rings. The van der Waals surface area contributed by atoms with Gasteiger partial charge in [0.15, 0.2) is 0 Å². The molecule has 0 amide bonds. The van der Waals surface area contributed by atoms with Gasteiger partial charge in [-0.1, -0.05) is 39.0 Å². The molecule has 0 atom stereocenters. The van der Waals surface area contributed by atoms with E-state index in [0.717, 1.165) is 13.1 Å². The van der Waals surface area contributed by atoms with E-state index in [-0.39, 0.29) is 5.41 Å². The lowest BCUT2D eigenvalue weighted by Crippen LogP contribution is -2.48. The molecule has 2 rings (SSSR count). The lowest BCUT2D eigenvalue weighted by atomic mass is 9.85. The second-order valence-corrected chi connectivity index (χ2v) is 8.40. The van der Waals surface area contributed by atoms with Crippen LogP contribution in [0.15, 0.2) is 24.3 Å². The molecule has 4 nitrogen and oxygen atoms in total. The molecule has 112 valence electrons. The quantitative estimate of drug-likeness (QED) is 0.839. The summed E-state index contributed by atoms with van der Waals surface area (Å²) in [5.74, 6) is 0. The van der Waals surface area contributed by atoms with Crippen LogP contribution < -0.4 is 4.90 Å². The molecule has 1 aliphatic rings. The average Bonchev–Trinajstić information content (AvgIpc) is 2.37. The van der Waals surface area contributed by atoms with Crippen molar-refractivity contribution in [2.45, 2.75) is 26.2 Å². The summed E-state index contributed by atoms with van der Waals surface area (Å²) in [4.78, 5) is 2.29. The van der Waals surface area contributed by atoms with Gasteiger partial charge in [-0.15, -0.1) is 0 Å². The van der Waals surface area contributed by atoms with E-state index in [1.807, 2.05) is 6.07 Å². The summed E-state index contributed by atoms with van der Waals surface area (Å²) in [6.07, 6.45) is 1.28. The van der Waals surface area contributed by atoms with Crippen molar-refractivity contribution in [3.8, 4) is 0 Å². The Labute approximate surface area is 122 Å². The monoisotopic (exact) mass is 296 g/mol. The lowest BCUT2D eigenvalue weighted by molar-refractivity contribution is 0.387. The normalized spacial score (nSPS) is 18.3. The topological polar surface area (TPSA) is 40.6 Å². The smallest absolute Gasteiger partial charge is 0.211 e. The Morgan fingerprint density at radius 2 is 1.55 bits per heavy atom. The van der Waals surface area contributed by atoms with Gasteiger partial charge >= 0.3 is 0 Å². The number of hydrogen-bond acceptors (Lipinski definition) is 3. The Morgan fingerprint density at radius 3 is 2.05 bits per heavy atom. The summed E-state index contributed by atoms with van der Waals surface area (Å²) >= 11 is 0. The van der Waals surface area contributed by atoms with E-state index >= 15 is 0 Å². The number of sulfonamides is 1. The number of para-hydroxylation sites is 1. The predicted molar refractivity (Wildman–Crippen MR) is 83.8 cm³/mol. The molecule has 0 unspecified atom stereocenters. The van der Waals surface area contributed by atoms with Gasteiger partial charge in [0.2, 0.25) is 10.0 Å². The SMILES string of the molecule is CC(C)(C)c1ccccc1N1CCN(S(C)(=O)=O)CC1. The second kappa shape index (κ2) is 5.37. The molecule has 1 aromatic carbocycles. The standard InChI is InChI=1S/C15H24N2O2S/c1-15(2,3)13-7-5-6-8-14(13)16-9-11-17(12-10-16)20(4,18)19/h5-8H,9-12H2,1-4H3. The van der Waals surface area contributed by atoms with Crippen LogP contribution >= 0.6 is 0 Å². The fourth-order valence-electron chi connectivity index (χ4n) is 2.64. The zero-order valence-corrected chi connectivity index (χ0v) is 13.6. The van der Waals surface area contributed by atoms with E-state index < -0.39 is 10.0 Å². The van der Waals surface area contributed by atoms with Crippen molar-refractivity contribution >= 4 is 15.7 Å². The minimum Gasteiger partial charge on any atom is -0.369 e. The van der Waals surface area contributed by atoms with Crippen molar-refractivity contribution in [3.05, 3.63) is 29.8 Å². The molecule has 1 aliphatic heterocycles. The van der Waals surface area contributed by atoms with Crippen LogP contribution in [0.25, 0.3) is 0 Å². The van der Waals surface area contributed by atoms with Gasteiger partial charge in [0.1, 0.15) is 0 Å². The third-order valence-corrected chi connectivity index (χ3v) is 5.06. The van der Waals surface area contributed by atoms with Gasteiger partial charge < -0.3 is 4.90 Å². The number of hydrogen-bond donors (Lipinski definition) is 0. The lowest BCUT2D eigenvalue weighted by Gasteiger charge is -2.37. The summed E-state index contributed by atoms with van der Waals surface area (Å²) < 4.78 is 24.7. The predicted octanol–water partition coefficient (Wildman–Crippen LogP) is 2.07. The largest absolute Gasteiger partial charge is 0.369 e. The van der Waals surface area contributed by atoms with Crippen LogP contribution in [0, 0.1) is 0 Å². The number of benzene rings is 1. The van der Waals surface area contributed by atoms with Crippen LogP contribution in [0.3, 0.4) is 0 Å². The third kappa shape index (κ3) is 3.33. The van der Waals surface area contributed by atoms with Gasteiger partial charge in [0.05, 0.1) is 6.26 Å². The summed E-state index contributed by atoms with van der Waals surface area (Å²) in [6.45, 7) is 9.25. The highest BCUT2D eigenvalue weighted by Crippen LogP contribution is 2.32. The zero-order valence-electron chi connectivity index (χ0n) is 12.8. The first-order valence-corrected chi connectivity index (χ1v) is 8.84. The minimum atomic E-state index is -3.06. The highest BCUT2D eigenvalue weighted by Gasteiger charge is 2.26. The van der Waals surface area contributed by atoms with Crippen molar-refractivity contribution in [2.75, 3.05) is 37.3 Å². The molecule has 0 spiro atoms. The summed E-state index contributed by atoms with van der Waals surface area (Å²) in [7, 11) is -3.06. The van der Waals surface area contributed by atoms with Crippen LogP contribution in [0.4, 0.5) is 5.69 Å². The molecular formula is C15H24N2O2S. The van der Waals surface area contributed by atoms with Crippen LogP contribution in [0.1, 0.15) is 26.3 Å². The summed E-state index contributed by atoms with van der Waals surface area (Å²) in [5.41, 5.74) is 2.63. The van der Waals surface area contributed by atoms with Gasteiger partial charge in [-0.25, -0.2) is 8.42 Å². The Kier molecular flexibility index (Phi) is 4.12. The zero-order chi connectivity index (χ0) is 15.0. The molecule has 1 saturated heterocycles. The van der Waals surface area contributed by atoms with Crippen molar-refractivity contribution in [2.24, 2.45) is 0 Å². The van der Waals surface area contributed by atoms with E-state index in [1.165, 1.54) is 17.5 Å². The number of piperazine rings is 1. The van der Waals surface area contributed by atoms with Gasteiger partial charge in [0.25, 0.3) is 0 Å². The summed E-state index contributed by atoms with van der Waals surface area (Å²) in [5, 5.41) is 0. The third-order valence-electron chi connectivity index (χ3n) is 3.76. The van der Waals surface area contributed by atoms with E-state index in [4.69, 9.17) is 0 Å². The van der Waals surface area contributed by atoms with E-state index in [1.54, 1.807) is 4.31 Å². The molecule has 0 aliphatic carbocycles. The van der Waals surface area contributed by atoms with Crippen molar-refractivity contribution in [3.63, 3.8) is 0 Å². The Morgan fingerprint density at radius 1 is 1.00 bits per heavy atom. The first-order valence-electron chi connectivity index (χ1n) is 6.99. The highest BCUT2D eigenvalue weighted by atomic mass is 32.2. The molecule has 0 N–H and O–H groups in total. The van der Waals surface area contributed by atoms with Crippen molar-refractivity contribution in [1.29, 1.82) is 0 Å². The number of nitrogens with zero attached hydrogens (tertiary/aromatic N) is 2. The van der Waals surface area contributed by atoms with Gasteiger partial charge in [0, 0.05) is 31.9 Å². The molecular weight excluding hydrogens is 272 g/mol. The van der Waals surface area contributed by atoms with Crippen LogP contribution in [0.5, 0.6) is 0 Å². The molecule has 5 heteroatoms. The fourth-order valence-corrected chi connectivity index (χ4v) is 3.47. The molecule has 0 aromatic heterocycles. The van der Waals surface area contributed by atoms with E-state index in [2.05, 4.69) is 43.9 Å². The fraction of sp³-hybridized carbons (Fsp3) is 0.600. The number of anilines is 1. The van der Waals surface area contributed by atoms with Gasteiger partial charge in [-0.2, -0.15) is 4.31 Å². The Bertz CT molecular complexity index is 568. The first kappa shape index (κ1) is 15.3. The molecule has 0 radical (unpaired) electrons. The van der Waals surface area contributed by atoms with E-state index in [9.17, 15) is 8.42 Å². The minimum absolute atomic E-state index is 0.0879. The van der Waals surface area contributed by atoms with E-state index in [0.29, 0.717) is 13.1 Å². The van der Waals surface area contributed by atoms with Gasteiger partial charge in [-0.3, -0.25) is 0 Å². The maximum atomic E-state index is 11.6. The highest BCUT2D eigenvalue weighted by molar-refractivity contribution is 7.88. The Hall–Kier alpha value is -1.07. The van der Waals surface area contributed by atoms with Crippen molar-refractivity contribution < 1.29 is 8.42 Å². The molecule has 1 heterocycles. The maximum absolute atomic E-state index is 11.6. The maximum Gasteiger partial charge on any atom is 0.211 e.